The summed E-state index contributed by atoms with van der Waals surface area (Å²) in [6.45, 7) is 3.82. The number of hydrogen-bond acceptors (Lipinski definition) is 4. The molecular weight excluding hydrogens is 376 g/mol. The number of ether oxygens (including phenoxy) is 2. The molecule has 0 aromatic heterocycles. The van der Waals surface area contributed by atoms with Gasteiger partial charge in [-0.3, -0.25) is 5.43 Å². The van der Waals surface area contributed by atoms with Crippen LogP contribution in [0.15, 0.2) is 54.6 Å². The highest BCUT2D eigenvalue weighted by Crippen LogP contribution is 2.30. The first-order valence-corrected chi connectivity index (χ1v) is 9.00. The maximum atomic E-state index is 13.2. The van der Waals surface area contributed by atoms with Crippen molar-refractivity contribution in [1.82, 2.24) is 10.9 Å². The molecule has 0 bridgehead atoms. The van der Waals surface area contributed by atoms with Crippen molar-refractivity contribution in [2.75, 3.05) is 19.8 Å². The maximum Gasteiger partial charge on any atom is 0.461 e. The molecule has 8 heteroatoms. The second kappa shape index (κ2) is 11.0. The summed E-state index contributed by atoms with van der Waals surface area (Å²) < 4.78 is 60.8. The van der Waals surface area contributed by atoms with Crippen molar-refractivity contribution in [1.29, 1.82) is 0 Å². The van der Waals surface area contributed by atoms with Crippen LogP contribution in [0.4, 0.5) is 17.6 Å². The average molecular weight is 400 g/mol. The van der Waals surface area contributed by atoms with Gasteiger partial charge in [0, 0.05) is 19.8 Å². The van der Waals surface area contributed by atoms with Gasteiger partial charge in [-0.25, -0.2) is 5.43 Å². The molecule has 0 aliphatic rings. The Labute approximate surface area is 161 Å². The molecule has 1 unspecified atom stereocenters. The SMILES string of the molecule is CCOCCCNNC(c1ccccc1)c1cccc(OC(F)(F)C(F)F)c1. The third kappa shape index (κ3) is 6.78. The summed E-state index contributed by atoms with van der Waals surface area (Å²) in [6, 6.07) is 14.7. The molecular formula is C20H24F4N2O2. The molecule has 0 radical (unpaired) electrons. The minimum absolute atomic E-state index is 0.332. The first-order chi connectivity index (χ1) is 13.4. The van der Waals surface area contributed by atoms with E-state index >= 15 is 0 Å². The molecule has 0 saturated carbocycles. The first kappa shape index (κ1) is 22.1. The number of benzene rings is 2. The summed E-state index contributed by atoms with van der Waals surface area (Å²) in [4.78, 5) is 0. The normalized spacial score (nSPS) is 12.9. The number of nitrogens with one attached hydrogen (secondary N) is 2. The van der Waals surface area contributed by atoms with Crippen LogP contribution in [0.5, 0.6) is 5.75 Å². The smallest absolute Gasteiger partial charge is 0.428 e. The fourth-order valence-electron chi connectivity index (χ4n) is 2.55. The lowest BCUT2D eigenvalue weighted by Crippen LogP contribution is -2.37. The van der Waals surface area contributed by atoms with Gasteiger partial charge in [-0.05, 0) is 36.6 Å². The minimum Gasteiger partial charge on any atom is -0.428 e. The Morgan fingerprint density at radius 3 is 2.39 bits per heavy atom. The van der Waals surface area contributed by atoms with Crippen LogP contribution in [0.25, 0.3) is 0 Å². The van der Waals surface area contributed by atoms with Crippen LogP contribution in [0.2, 0.25) is 0 Å². The maximum absolute atomic E-state index is 13.2. The predicted octanol–water partition coefficient (Wildman–Crippen LogP) is 4.53. The number of alkyl halides is 4. The van der Waals surface area contributed by atoms with Crippen molar-refractivity contribution >= 4 is 0 Å². The molecule has 0 amide bonds. The van der Waals surface area contributed by atoms with E-state index in [1.807, 2.05) is 37.3 Å². The highest BCUT2D eigenvalue weighted by Gasteiger charge is 2.44. The Morgan fingerprint density at radius 1 is 1.00 bits per heavy atom. The van der Waals surface area contributed by atoms with E-state index in [9.17, 15) is 17.6 Å². The third-order valence-corrected chi connectivity index (χ3v) is 3.87. The van der Waals surface area contributed by atoms with Crippen molar-refractivity contribution in [3.05, 3.63) is 65.7 Å². The summed E-state index contributed by atoms with van der Waals surface area (Å²) >= 11 is 0. The lowest BCUT2D eigenvalue weighted by molar-refractivity contribution is -0.253. The summed E-state index contributed by atoms with van der Waals surface area (Å²) in [5.74, 6) is -0.332. The van der Waals surface area contributed by atoms with E-state index in [0.29, 0.717) is 25.3 Å². The van der Waals surface area contributed by atoms with Gasteiger partial charge in [0.1, 0.15) is 5.75 Å². The summed E-state index contributed by atoms with van der Waals surface area (Å²) in [7, 11) is 0. The zero-order chi connectivity index (χ0) is 20.4. The molecule has 2 N–H and O–H groups in total. The zero-order valence-corrected chi connectivity index (χ0v) is 15.5. The van der Waals surface area contributed by atoms with Crippen molar-refractivity contribution in [2.45, 2.75) is 31.9 Å². The lowest BCUT2D eigenvalue weighted by atomic mass is 9.99. The zero-order valence-electron chi connectivity index (χ0n) is 15.5. The number of hydrazine groups is 1. The molecule has 0 heterocycles. The molecule has 28 heavy (non-hydrogen) atoms. The highest BCUT2D eigenvalue weighted by atomic mass is 19.3. The summed E-state index contributed by atoms with van der Waals surface area (Å²) in [5.41, 5.74) is 7.70. The fourth-order valence-corrected chi connectivity index (χ4v) is 2.55. The Bertz CT molecular complexity index is 702. The van der Waals surface area contributed by atoms with Crippen LogP contribution in [-0.4, -0.2) is 32.3 Å². The number of rotatable bonds is 12. The molecule has 0 fully saturated rings. The largest absolute Gasteiger partial charge is 0.461 e. The van der Waals surface area contributed by atoms with Gasteiger partial charge in [-0.1, -0.05) is 42.5 Å². The topological polar surface area (TPSA) is 42.5 Å². The molecule has 4 nitrogen and oxygen atoms in total. The molecule has 0 saturated heterocycles. The quantitative estimate of drug-likeness (QED) is 0.312. The summed E-state index contributed by atoms with van der Waals surface area (Å²) in [5, 5.41) is 0. The number of halogens is 4. The van der Waals surface area contributed by atoms with Gasteiger partial charge in [0.25, 0.3) is 0 Å². The molecule has 0 aliphatic heterocycles. The second-order valence-corrected chi connectivity index (χ2v) is 6.00. The van der Waals surface area contributed by atoms with Crippen molar-refractivity contribution < 1.29 is 27.0 Å². The Morgan fingerprint density at radius 2 is 1.71 bits per heavy atom. The summed E-state index contributed by atoms with van der Waals surface area (Å²) in [6.07, 6.45) is -7.68. The van der Waals surface area contributed by atoms with Crippen LogP contribution in [-0.2, 0) is 4.74 Å². The van der Waals surface area contributed by atoms with Crippen LogP contribution < -0.4 is 15.6 Å². The Balaban J connectivity index is 2.13. The van der Waals surface area contributed by atoms with Gasteiger partial charge in [0.05, 0.1) is 6.04 Å². The van der Waals surface area contributed by atoms with Crippen LogP contribution in [0, 0.1) is 0 Å². The van der Waals surface area contributed by atoms with Gasteiger partial charge in [0.2, 0.25) is 0 Å². The fraction of sp³-hybridized carbons (Fsp3) is 0.400. The molecule has 2 aromatic rings. The van der Waals surface area contributed by atoms with E-state index in [1.54, 1.807) is 6.07 Å². The van der Waals surface area contributed by atoms with Crippen LogP contribution in [0.1, 0.15) is 30.5 Å². The second-order valence-electron chi connectivity index (χ2n) is 6.00. The van der Waals surface area contributed by atoms with Crippen molar-refractivity contribution in [2.24, 2.45) is 0 Å². The van der Waals surface area contributed by atoms with E-state index < -0.39 is 18.6 Å². The van der Waals surface area contributed by atoms with Gasteiger partial charge in [-0.2, -0.15) is 17.6 Å². The van der Waals surface area contributed by atoms with Gasteiger partial charge >= 0.3 is 12.5 Å². The van der Waals surface area contributed by atoms with Gasteiger partial charge < -0.3 is 9.47 Å². The average Bonchev–Trinajstić information content (AvgIpc) is 2.68. The van der Waals surface area contributed by atoms with Crippen LogP contribution in [0.3, 0.4) is 0 Å². The van der Waals surface area contributed by atoms with E-state index in [0.717, 1.165) is 12.0 Å². The van der Waals surface area contributed by atoms with Crippen molar-refractivity contribution in [3.63, 3.8) is 0 Å². The van der Waals surface area contributed by atoms with Gasteiger partial charge in [-0.15, -0.1) is 0 Å². The molecule has 2 rings (SSSR count). The minimum atomic E-state index is -4.55. The molecule has 0 aliphatic carbocycles. The number of hydrogen-bond donors (Lipinski definition) is 2. The molecule has 154 valence electrons. The van der Waals surface area contributed by atoms with E-state index in [-0.39, 0.29) is 5.75 Å². The van der Waals surface area contributed by atoms with Crippen molar-refractivity contribution in [3.8, 4) is 5.75 Å². The first-order valence-electron chi connectivity index (χ1n) is 9.00. The Kier molecular flexibility index (Phi) is 8.69. The van der Waals surface area contributed by atoms with E-state index in [4.69, 9.17) is 4.74 Å². The van der Waals surface area contributed by atoms with Gasteiger partial charge in [0.15, 0.2) is 0 Å². The highest BCUT2D eigenvalue weighted by molar-refractivity contribution is 5.36. The standard InChI is InChI=1S/C20H24F4N2O2/c1-2-27-13-7-12-25-26-18(15-8-4-3-5-9-15)16-10-6-11-17(14-16)28-20(23,24)19(21)22/h3-6,8-11,14,18-19,25-26H,2,7,12-13H2,1H3. The molecule has 0 spiro atoms. The molecule has 1 atom stereocenters. The predicted molar refractivity (Wildman–Crippen MR) is 98.6 cm³/mol. The monoisotopic (exact) mass is 400 g/mol. The lowest BCUT2D eigenvalue weighted by Gasteiger charge is -2.22. The third-order valence-electron chi connectivity index (χ3n) is 3.87. The van der Waals surface area contributed by atoms with E-state index in [2.05, 4.69) is 15.6 Å². The van der Waals surface area contributed by atoms with Crippen LogP contribution >= 0.6 is 0 Å². The Hall–Kier alpha value is -2.16. The molecule has 2 aromatic carbocycles. The van der Waals surface area contributed by atoms with E-state index in [1.165, 1.54) is 18.2 Å².